The van der Waals surface area contributed by atoms with Crippen molar-refractivity contribution in [3.05, 3.63) is 84.2 Å². The van der Waals surface area contributed by atoms with Crippen LogP contribution in [-0.2, 0) is 14.3 Å². The molecule has 14 heteroatoms. The minimum atomic E-state index is -5.41. The normalized spacial score (nSPS) is 12.5. The van der Waals surface area contributed by atoms with Crippen LogP contribution in [0, 0.1) is 0 Å². The molecule has 1 atom stereocenters. The summed E-state index contributed by atoms with van der Waals surface area (Å²) in [6.45, 7) is 0.976. The minimum Gasteiger partial charge on any atom is -0.493 e. The van der Waals surface area contributed by atoms with Gasteiger partial charge in [-0.1, -0.05) is 18.2 Å². The number of aromatic amines is 1. The van der Waals surface area contributed by atoms with E-state index < -0.39 is 42.6 Å². The summed E-state index contributed by atoms with van der Waals surface area (Å²) in [4.78, 5) is 30.7. The van der Waals surface area contributed by atoms with Gasteiger partial charge in [0, 0.05) is 41.8 Å². The van der Waals surface area contributed by atoms with Crippen molar-refractivity contribution in [1.29, 1.82) is 0 Å². The van der Waals surface area contributed by atoms with Crippen LogP contribution in [0.1, 0.15) is 29.9 Å². The summed E-state index contributed by atoms with van der Waals surface area (Å²) in [6.07, 6.45) is -7.41. The Balaban J connectivity index is 1.52. The molecule has 8 nitrogen and oxygen atoms in total. The van der Waals surface area contributed by atoms with Crippen molar-refractivity contribution < 1.29 is 50.1 Å². The lowest BCUT2D eigenvalue weighted by molar-refractivity contribution is -0.274. The summed E-state index contributed by atoms with van der Waals surface area (Å²) in [5.41, 5.74) is 0.994. The van der Waals surface area contributed by atoms with E-state index in [1.807, 2.05) is 12.1 Å². The molecule has 4 aromatic rings. The van der Waals surface area contributed by atoms with E-state index in [1.165, 1.54) is 18.3 Å². The SMILES string of the molecule is O=C(CC(c1cccc(OC(F)(F)F)c1)c1c[nH]c2cc(OCCCNc3ccccn3)ccc12)OC(=O)C(F)(F)F. The number of carbonyl (C=O) groups is 2. The summed E-state index contributed by atoms with van der Waals surface area (Å²) in [5.74, 6) is -4.68. The smallest absolute Gasteiger partial charge is 0.493 e. The number of nitrogens with one attached hydrogen (secondary N) is 2. The van der Waals surface area contributed by atoms with Gasteiger partial charge >= 0.3 is 24.5 Å². The average molecular weight is 595 g/mol. The van der Waals surface area contributed by atoms with E-state index in [0.29, 0.717) is 41.8 Å². The van der Waals surface area contributed by atoms with Crippen molar-refractivity contribution in [1.82, 2.24) is 9.97 Å². The van der Waals surface area contributed by atoms with E-state index in [2.05, 4.69) is 24.8 Å². The van der Waals surface area contributed by atoms with Crippen LogP contribution in [0.5, 0.6) is 11.5 Å². The van der Waals surface area contributed by atoms with Crippen LogP contribution in [0.2, 0.25) is 0 Å². The molecule has 0 bridgehead atoms. The van der Waals surface area contributed by atoms with Gasteiger partial charge in [0.2, 0.25) is 0 Å². The largest absolute Gasteiger partial charge is 0.573 e. The summed E-state index contributed by atoms with van der Waals surface area (Å²) in [7, 11) is 0. The monoisotopic (exact) mass is 595 g/mol. The Morgan fingerprint density at radius 1 is 0.952 bits per heavy atom. The molecule has 0 saturated heterocycles. The fraction of sp³-hybridized carbons (Fsp3) is 0.250. The third-order valence-corrected chi connectivity index (χ3v) is 5.92. The number of fused-ring (bicyclic) bond motifs is 1. The maximum Gasteiger partial charge on any atom is 0.573 e. The third kappa shape index (κ3) is 8.38. The number of halogens is 6. The molecule has 2 aromatic heterocycles. The average Bonchev–Trinajstić information content (AvgIpc) is 3.34. The minimum absolute atomic E-state index is 0.106. The number of hydrogen-bond donors (Lipinski definition) is 2. The second kappa shape index (κ2) is 12.8. The highest BCUT2D eigenvalue weighted by Gasteiger charge is 2.42. The van der Waals surface area contributed by atoms with Gasteiger partial charge in [-0.25, -0.2) is 9.78 Å². The maximum atomic E-state index is 12.8. The molecule has 0 saturated carbocycles. The molecular formula is C28H23F6N3O5. The van der Waals surface area contributed by atoms with E-state index in [-0.39, 0.29) is 5.56 Å². The first-order valence-corrected chi connectivity index (χ1v) is 12.5. The van der Waals surface area contributed by atoms with Crippen molar-refractivity contribution in [2.75, 3.05) is 18.5 Å². The molecule has 0 spiro atoms. The Bertz CT molecular complexity index is 1520. The number of benzene rings is 2. The number of hydrogen-bond acceptors (Lipinski definition) is 7. The number of carbonyl (C=O) groups excluding carboxylic acids is 2. The number of nitrogens with zero attached hydrogens (tertiary/aromatic N) is 1. The summed E-state index contributed by atoms with van der Waals surface area (Å²) < 4.78 is 90.0. The molecule has 0 radical (unpaired) electrons. The number of H-pyrrole nitrogens is 1. The molecule has 0 aliphatic carbocycles. The Hall–Kier alpha value is -4.75. The van der Waals surface area contributed by atoms with Gasteiger partial charge in [0.1, 0.15) is 17.3 Å². The number of alkyl halides is 6. The van der Waals surface area contributed by atoms with Gasteiger partial charge < -0.3 is 24.5 Å². The topological polar surface area (TPSA) is 103 Å². The quantitative estimate of drug-likeness (QED) is 0.0884. The number of pyridine rings is 1. The zero-order valence-corrected chi connectivity index (χ0v) is 21.6. The molecule has 0 aliphatic heterocycles. The van der Waals surface area contributed by atoms with Crippen LogP contribution in [0.4, 0.5) is 32.2 Å². The van der Waals surface area contributed by atoms with Gasteiger partial charge in [-0.3, -0.25) is 4.79 Å². The van der Waals surface area contributed by atoms with Crippen molar-refractivity contribution in [2.45, 2.75) is 31.3 Å². The maximum absolute atomic E-state index is 12.8. The molecule has 2 N–H and O–H groups in total. The molecule has 0 fully saturated rings. The summed E-state index contributed by atoms with van der Waals surface area (Å²) >= 11 is 0. The molecule has 2 heterocycles. The van der Waals surface area contributed by atoms with Gasteiger partial charge in [0.15, 0.2) is 0 Å². The molecule has 0 aliphatic rings. The van der Waals surface area contributed by atoms with Crippen molar-refractivity contribution in [2.24, 2.45) is 0 Å². The van der Waals surface area contributed by atoms with Gasteiger partial charge in [-0.2, -0.15) is 13.2 Å². The van der Waals surface area contributed by atoms with Gasteiger partial charge in [-0.05, 0) is 53.9 Å². The fourth-order valence-electron chi connectivity index (χ4n) is 4.16. The van der Waals surface area contributed by atoms with Gasteiger partial charge in [-0.15, -0.1) is 13.2 Å². The highest BCUT2D eigenvalue weighted by atomic mass is 19.4. The van der Waals surface area contributed by atoms with Crippen molar-refractivity contribution >= 4 is 28.7 Å². The predicted molar refractivity (Wildman–Crippen MR) is 138 cm³/mol. The fourth-order valence-corrected chi connectivity index (χ4v) is 4.16. The van der Waals surface area contributed by atoms with Crippen LogP contribution < -0.4 is 14.8 Å². The lowest BCUT2D eigenvalue weighted by Gasteiger charge is -2.18. The number of anilines is 1. The summed E-state index contributed by atoms with van der Waals surface area (Å²) in [6, 6.07) is 15.1. The first-order chi connectivity index (χ1) is 19.9. The number of aromatic nitrogens is 2. The highest BCUT2D eigenvalue weighted by molar-refractivity contribution is 5.90. The number of esters is 2. The zero-order valence-electron chi connectivity index (χ0n) is 21.6. The number of rotatable bonds is 11. The lowest BCUT2D eigenvalue weighted by Crippen LogP contribution is -2.28. The third-order valence-electron chi connectivity index (χ3n) is 5.92. The molecular weight excluding hydrogens is 572 g/mol. The van der Waals surface area contributed by atoms with Crippen LogP contribution in [0.3, 0.4) is 0 Å². The first-order valence-electron chi connectivity index (χ1n) is 12.5. The van der Waals surface area contributed by atoms with Crippen LogP contribution in [0.25, 0.3) is 10.9 Å². The van der Waals surface area contributed by atoms with Gasteiger partial charge in [0.25, 0.3) is 0 Å². The standard InChI is InChI=1S/C28H23F6N3O5/c29-27(30,31)26(39)41-25(38)15-21(17-5-3-6-19(13-17)42-28(32,33)34)22-16-37-23-14-18(8-9-20(22)23)40-12-4-11-36-24-7-1-2-10-35-24/h1-3,5-10,13-14,16,21,37H,4,11-12,15H2,(H,35,36). The number of ether oxygens (including phenoxy) is 3. The highest BCUT2D eigenvalue weighted by Crippen LogP contribution is 2.37. The van der Waals surface area contributed by atoms with Crippen LogP contribution in [-0.4, -0.2) is 47.6 Å². The molecule has 4 rings (SSSR count). The summed E-state index contributed by atoms with van der Waals surface area (Å²) in [5, 5.41) is 3.67. The molecule has 1 unspecified atom stereocenters. The molecule has 222 valence electrons. The van der Waals surface area contributed by atoms with E-state index in [9.17, 15) is 35.9 Å². The van der Waals surface area contributed by atoms with E-state index in [4.69, 9.17) is 4.74 Å². The molecule has 42 heavy (non-hydrogen) atoms. The van der Waals surface area contributed by atoms with E-state index >= 15 is 0 Å². The second-order valence-electron chi connectivity index (χ2n) is 8.93. The lowest BCUT2D eigenvalue weighted by atomic mass is 9.88. The Kier molecular flexibility index (Phi) is 9.23. The Morgan fingerprint density at radius 2 is 1.76 bits per heavy atom. The van der Waals surface area contributed by atoms with E-state index in [1.54, 1.807) is 30.5 Å². The zero-order chi connectivity index (χ0) is 30.3. The van der Waals surface area contributed by atoms with Gasteiger partial charge in [0.05, 0.1) is 13.0 Å². The predicted octanol–water partition coefficient (Wildman–Crippen LogP) is 6.50. The van der Waals surface area contributed by atoms with Crippen molar-refractivity contribution in [3.63, 3.8) is 0 Å². The van der Waals surface area contributed by atoms with Crippen LogP contribution in [0.15, 0.2) is 73.1 Å². The molecule has 0 amide bonds. The van der Waals surface area contributed by atoms with Crippen LogP contribution >= 0.6 is 0 Å². The van der Waals surface area contributed by atoms with Crippen molar-refractivity contribution in [3.8, 4) is 11.5 Å². The molecule has 2 aromatic carbocycles. The first kappa shape index (κ1) is 30.2. The Labute approximate surface area is 234 Å². The van der Waals surface area contributed by atoms with E-state index in [0.717, 1.165) is 18.0 Å². The second-order valence-corrected chi connectivity index (χ2v) is 8.93. The Morgan fingerprint density at radius 3 is 2.48 bits per heavy atom.